The monoisotopic (exact) mass is 432 g/mol. The predicted octanol–water partition coefficient (Wildman–Crippen LogP) is 3.62. The van der Waals surface area contributed by atoms with Gasteiger partial charge < -0.3 is 0 Å². The Hall–Kier alpha value is -1.68. The molecule has 2 aromatic carbocycles. The lowest BCUT2D eigenvalue weighted by Gasteiger charge is -2.12. The molecule has 0 atom stereocenters. The molecule has 0 spiro atoms. The number of aryl methyl sites for hydroxylation is 2. The van der Waals surface area contributed by atoms with Crippen LogP contribution in [0.5, 0.6) is 0 Å². The van der Waals surface area contributed by atoms with Gasteiger partial charge >= 0.3 is 0 Å². The number of nitro groups is 1. The summed E-state index contributed by atoms with van der Waals surface area (Å²) in [6, 6.07) is 9.14. The number of nitrogens with zero attached hydrogens (tertiary/aromatic N) is 1. The van der Waals surface area contributed by atoms with Gasteiger partial charge in [0.25, 0.3) is 15.7 Å². The average Bonchev–Trinajstić information content (AvgIpc) is 2.43. The zero-order valence-electron chi connectivity index (χ0n) is 11.8. The molecule has 0 aliphatic rings. The minimum absolute atomic E-state index is 0.0693. The van der Waals surface area contributed by atoms with Gasteiger partial charge in [-0.2, -0.15) is 0 Å². The highest BCUT2D eigenvalue weighted by Gasteiger charge is 2.19. The van der Waals surface area contributed by atoms with Crippen LogP contribution in [0.3, 0.4) is 0 Å². The summed E-state index contributed by atoms with van der Waals surface area (Å²) in [7, 11) is -3.73. The zero-order valence-corrected chi connectivity index (χ0v) is 14.8. The number of anilines is 1. The summed E-state index contributed by atoms with van der Waals surface area (Å²) in [5.41, 5.74) is 1.74. The lowest BCUT2D eigenvalue weighted by molar-refractivity contribution is -0.385. The summed E-state index contributed by atoms with van der Waals surface area (Å²) >= 11 is 1.88. The van der Waals surface area contributed by atoms with Crippen LogP contribution in [0.4, 0.5) is 11.4 Å². The molecule has 22 heavy (non-hydrogen) atoms. The van der Waals surface area contributed by atoms with Crippen LogP contribution in [0.2, 0.25) is 0 Å². The van der Waals surface area contributed by atoms with Crippen molar-refractivity contribution in [2.45, 2.75) is 18.7 Å². The van der Waals surface area contributed by atoms with Crippen LogP contribution in [0.15, 0.2) is 41.3 Å². The molecule has 0 aliphatic heterocycles. The number of rotatable bonds is 4. The van der Waals surface area contributed by atoms with Crippen molar-refractivity contribution >= 4 is 44.0 Å². The van der Waals surface area contributed by atoms with E-state index in [1.54, 1.807) is 19.1 Å². The molecule has 0 bridgehead atoms. The predicted molar refractivity (Wildman–Crippen MR) is 92.5 cm³/mol. The lowest BCUT2D eigenvalue weighted by atomic mass is 10.2. The van der Waals surface area contributed by atoms with E-state index in [1.807, 2.05) is 29.5 Å². The highest BCUT2D eigenvalue weighted by Crippen LogP contribution is 2.30. The Labute approximate surface area is 141 Å². The number of nitro benzene ring substituents is 1. The highest BCUT2D eigenvalue weighted by atomic mass is 127. The maximum Gasteiger partial charge on any atom is 0.270 e. The maximum atomic E-state index is 12.4. The van der Waals surface area contributed by atoms with Gasteiger partial charge in [-0.3, -0.25) is 14.8 Å². The van der Waals surface area contributed by atoms with E-state index in [9.17, 15) is 18.5 Å². The SMILES string of the molecule is Cc1ccc(S(=O)(=O)Nc2c(C)cc([N+](=O)[O-])cc2I)cc1. The molecule has 0 fully saturated rings. The van der Waals surface area contributed by atoms with Gasteiger partial charge in [0, 0.05) is 15.7 Å². The minimum atomic E-state index is -3.73. The van der Waals surface area contributed by atoms with Crippen LogP contribution in [0, 0.1) is 27.5 Å². The van der Waals surface area contributed by atoms with E-state index < -0.39 is 14.9 Å². The molecule has 1 N–H and O–H groups in total. The molecule has 0 saturated carbocycles. The van der Waals surface area contributed by atoms with Gasteiger partial charge in [0.15, 0.2) is 0 Å². The fourth-order valence-electron chi connectivity index (χ4n) is 1.87. The topological polar surface area (TPSA) is 89.3 Å². The average molecular weight is 432 g/mol. The van der Waals surface area contributed by atoms with Crippen molar-refractivity contribution in [2.24, 2.45) is 0 Å². The second-order valence-electron chi connectivity index (χ2n) is 4.80. The molecule has 0 unspecified atom stereocenters. The summed E-state index contributed by atoms with van der Waals surface area (Å²) in [6.45, 7) is 3.50. The van der Waals surface area contributed by atoms with E-state index in [1.165, 1.54) is 24.3 Å². The van der Waals surface area contributed by atoms with Crippen LogP contribution in [0.25, 0.3) is 0 Å². The first kappa shape index (κ1) is 16.7. The first-order valence-corrected chi connectivity index (χ1v) is 8.81. The number of nitrogens with one attached hydrogen (secondary N) is 1. The van der Waals surface area contributed by atoms with Crippen molar-refractivity contribution in [3.05, 3.63) is 61.2 Å². The molecule has 116 valence electrons. The van der Waals surface area contributed by atoms with Crippen molar-refractivity contribution in [3.8, 4) is 0 Å². The van der Waals surface area contributed by atoms with Crippen LogP contribution in [-0.4, -0.2) is 13.3 Å². The Balaban J connectivity index is 2.42. The molecule has 0 radical (unpaired) electrons. The summed E-state index contributed by atoms with van der Waals surface area (Å²) in [5.74, 6) is 0. The Morgan fingerprint density at radius 2 is 1.73 bits per heavy atom. The molecule has 0 heterocycles. The first-order valence-electron chi connectivity index (χ1n) is 6.25. The third-order valence-corrected chi connectivity index (χ3v) is 5.27. The van der Waals surface area contributed by atoms with E-state index in [4.69, 9.17) is 0 Å². The smallest absolute Gasteiger partial charge is 0.270 e. The van der Waals surface area contributed by atoms with Crippen LogP contribution in [0.1, 0.15) is 11.1 Å². The standard InChI is InChI=1S/C14H13IN2O4S/c1-9-3-5-12(6-4-9)22(20,21)16-14-10(2)7-11(17(18)19)8-13(14)15/h3-8,16H,1-2H3. The van der Waals surface area contributed by atoms with Crippen molar-refractivity contribution in [3.63, 3.8) is 0 Å². The van der Waals surface area contributed by atoms with Gasteiger partial charge in [0.05, 0.1) is 15.5 Å². The second-order valence-corrected chi connectivity index (χ2v) is 7.64. The van der Waals surface area contributed by atoms with Crippen molar-refractivity contribution < 1.29 is 13.3 Å². The molecule has 0 saturated heterocycles. The number of non-ortho nitro benzene ring substituents is 1. The van der Waals surface area contributed by atoms with Gasteiger partial charge in [-0.15, -0.1) is 0 Å². The quantitative estimate of drug-likeness (QED) is 0.454. The summed E-state index contributed by atoms with van der Waals surface area (Å²) in [5, 5.41) is 10.8. The number of hydrogen-bond donors (Lipinski definition) is 1. The molecular weight excluding hydrogens is 419 g/mol. The van der Waals surface area contributed by atoms with Gasteiger partial charge in [-0.1, -0.05) is 17.7 Å². The van der Waals surface area contributed by atoms with E-state index in [0.717, 1.165) is 5.56 Å². The van der Waals surface area contributed by atoms with Crippen molar-refractivity contribution in [1.29, 1.82) is 0 Å². The molecule has 2 aromatic rings. The Bertz CT molecular complexity index is 809. The van der Waals surface area contributed by atoms with Crippen LogP contribution >= 0.6 is 22.6 Å². The van der Waals surface area contributed by atoms with Gasteiger partial charge in [-0.25, -0.2) is 8.42 Å². The lowest BCUT2D eigenvalue weighted by Crippen LogP contribution is -2.15. The van der Waals surface area contributed by atoms with E-state index >= 15 is 0 Å². The fourth-order valence-corrected chi connectivity index (χ4v) is 4.09. The van der Waals surface area contributed by atoms with Crippen LogP contribution < -0.4 is 4.72 Å². The molecular formula is C14H13IN2O4S. The molecule has 8 heteroatoms. The largest absolute Gasteiger partial charge is 0.278 e. The van der Waals surface area contributed by atoms with Gasteiger partial charge in [0.2, 0.25) is 0 Å². The second kappa shape index (κ2) is 6.21. The molecule has 6 nitrogen and oxygen atoms in total. The van der Waals surface area contributed by atoms with E-state index in [2.05, 4.69) is 4.72 Å². The van der Waals surface area contributed by atoms with Crippen molar-refractivity contribution in [2.75, 3.05) is 4.72 Å². The number of hydrogen-bond acceptors (Lipinski definition) is 4. The highest BCUT2D eigenvalue weighted by molar-refractivity contribution is 14.1. The Morgan fingerprint density at radius 3 is 2.23 bits per heavy atom. The van der Waals surface area contributed by atoms with E-state index in [0.29, 0.717) is 14.8 Å². The number of sulfonamides is 1. The van der Waals surface area contributed by atoms with Gasteiger partial charge in [0.1, 0.15) is 0 Å². The summed E-state index contributed by atoms with van der Waals surface area (Å²) < 4.78 is 27.7. The zero-order chi connectivity index (χ0) is 16.5. The van der Waals surface area contributed by atoms with Crippen molar-refractivity contribution in [1.82, 2.24) is 0 Å². The maximum absolute atomic E-state index is 12.4. The molecule has 0 aliphatic carbocycles. The first-order chi connectivity index (χ1) is 10.2. The summed E-state index contributed by atoms with van der Waals surface area (Å²) in [6.07, 6.45) is 0. The Kier molecular flexibility index (Phi) is 4.71. The molecule has 0 aromatic heterocycles. The third-order valence-electron chi connectivity index (χ3n) is 3.05. The minimum Gasteiger partial charge on any atom is -0.278 e. The third kappa shape index (κ3) is 3.55. The van der Waals surface area contributed by atoms with Gasteiger partial charge in [-0.05, 0) is 54.1 Å². The van der Waals surface area contributed by atoms with E-state index in [-0.39, 0.29) is 10.6 Å². The fraction of sp³-hybridized carbons (Fsp3) is 0.143. The summed E-state index contributed by atoms with van der Waals surface area (Å²) in [4.78, 5) is 10.5. The normalized spacial score (nSPS) is 11.2. The molecule has 0 amide bonds. The number of halogens is 1. The van der Waals surface area contributed by atoms with Crippen LogP contribution in [-0.2, 0) is 10.0 Å². The molecule has 2 rings (SSSR count). The Morgan fingerprint density at radius 1 is 1.14 bits per heavy atom. The number of benzene rings is 2.